The number of nitrogens with one attached hydrogen (secondary N) is 1. The second-order valence-electron chi connectivity index (χ2n) is 9.78. The zero-order chi connectivity index (χ0) is 26.9. The smallest absolute Gasteiger partial charge is 0.379 e. The third-order valence-corrected chi connectivity index (χ3v) is 7.64. The minimum Gasteiger partial charge on any atom is -0.379 e. The number of nitriles is 1. The van der Waals surface area contributed by atoms with E-state index in [0.717, 1.165) is 31.4 Å². The molecule has 38 heavy (non-hydrogen) atoms. The van der Waals surface area contributed by atoms with Crippen LogP contribution in [0.25, 0.3) is 0 Å². The number of fused-ring (bicyclic) bond motifs is 1. The number of aromatic nitrogens is 3. The van der Waals surface area contributed by atoms with E-state index < -0.39 is 17.3 Å². The highest BCUT2D eigenvalue weighted by atomic mass is 19.4. The minimum atomic E-state index is -4.80. The Hall–Kier alpha value is -3.66. The summed E-state index contributed by atoms with van der Waals surface area (Å²) in [5.74, 6) is 0.799. The molecule has 3 atom stereocenters. The molecule has 3 aliphatic heterocycles. The van der Waals surface area contributed by atoms with Gasteiger partial charge in [0.05, 0.1) is 55.2 Å². The second-order valence-corrected chi connectivity index (χ2v) is 9.78. The maximum absolute atomic E-state index is 13.5. The lowest BCUT2D eigenvalue weighted by Gasteiger charge is -2.28. The number of alkyl halides is 3. The first-order valence-electron chi connectivity index (χ1n) is 12.7. The normalized spacial score (nSPS) is 23.1. The van der Waals surface area contributed by atoms with Crippen LogP contribution in [0.5, 0.6) is 0 Å². The number of hydrogen-bond donors (Lipinski definition) is 1. The molecule has 0 saturated carbocycles. The Morgan fingerprint density at radius 3 is 2.68 bits per heavy atom. The van der Waals surface area contributed by atoms with Gasteiger partial charge in [-0.25, -0.2) is 10.1 Å². The van der Waals surface area contributed by atoms with Crippen molar-refractivity contribution < 1.29 is 22.7 Å². The van der Waals surface area contributed by atoms with Gasteiger partial charge >= 0.3 is 6.18 Å². The summed E-state index contributed by atoms with van der Waals surface area (Å²) in [6.45, 7) is 2.11. The molecule has 0 radical (unpaired) electrons. The van der Waals surface area contributed by atoms with Crippen LogP contribution in [-0.2, 0) is 15.7 Å². The quantitative estimate of drug-likeness (QED) is 0.541. The van der Waals surface area contributed by atoms with Gasteiger partial charge in [0.15, 0.2) is 0 Å². The van der Waals surface area contributed by atoms with Crippen LogP contribution in [0.4, 0.5) is 24.7 Å². The maximum atomic E-state index is 13.5. The van der Waals surface area contributed by atoms with Crippen molar-refractivity contribution in [2.24, 2.45) is 0 Å². The van der Waals surface area contributed by atoms with Crippen LogP contribution in [0.15, 0.2) is 29.3 Å². The summed E-state index contributed by atoms with van der Waals surface area (Å²) in [6, 6.07) is 5.58. The minimum absolute atomic E-state index is 0.00596. The van der Waals surface area contributed by atoms with Gasteiger partial charge in [0.2, 0.25) is 5.91 Å². The number of carbonyl (C=O) groups is 1. The lowest BCUT2D eigenvalue weighted by atomic mass is 10.1. The number of rotatable bonds is 7. The molecular formula is C25H28F3N7O3. The molecule has 2 unspecified atom stereocenters. The number of hydrogen-bond acceptors (Lipinski definition) is 8. The molecule has 5 heterocycles. The van der Waals surface area contributed by atoms with Crippen LogP contribution >= 0.6 is 0 Å². The van der Waals surface area contributed by atoms with Gasteiger partial charge in [-0.2, -0.15) is 23.5 Å². The first-order chi connectivity index (χ1) is 18.3. The molecule has 13 heteroatoms. The summed E-state index contributed by atoms with van der Waals surface area (Å²) in [7, 11) is 0. The molecule has 5 rings (SSSR count). The third kappa shape index (κ3) is 5.05. The summed E-state index contributed by atoms with van der Waals surface area (Å²) in [6.07, 6.45) is 0.931. The van der Waals surface area contributed by atoms with Gasteiger partial charge in [0.25, 0.3) is 5.56 Å². The van der Waals surface area contributed by atoms with Crippen molar-refractivity contribution in [2.45, 2.75) is 56.4 Å². The fourth-order valence-electron chi connectivity index (χ4n) is 5.93. The highest BCUT2D eigenvalue weighted by Crippen LogP contribution is 2.37. The molecular weight excluding hydrogens is 503 g/mol. The average Bonchev–Trinajstić information content (AvgIpc) is 3.62. The zero-order valence-corrected chi connectivity index (χ0v) is 20.7. The van der Waals surface area contributed by atoms with Crippen LogP contribution in [0.2, 0.25) is 0 Å². The molecule has 0 aliphatic carbocycles. The van der Waals surface area contributed by atoms with Crippen molar-refractivity contribution in [3.63, 3.8) is 0 Å². The van der Waals surface area contributed by atoms with Gasteiger partial charge in [0.1, 0.15) is 17.5 Å². The van der Waals surface area contributed by atoms with Gasteiger partial charge in [-0.05, 0) is 37.8 Å². The SMILES string of the molecule is N#Cc1ccc(N2CCC3C2CCN3C(=O)CCOC[C@@H]2CCCN2c2cn[nH]c(=O)c2C(F)(F)F)nc1. The molecule has 202 valence electrons. The number of H-pyrrole nitrogens is 1. The number of nitrogens with zero attached hydrogens (tertiary/aromatic N) is 6. The topological polar surface area (TPSA) is 118 Å². The third-order valence-electron chi connectivity index (χ3n) is 7.64. The predicted molar refractivity (Wildman–Crippen MR) is 130 cm³/mol. The van der Waals surface area contributed by atoms with E-state index in [1.807, 2.05) is 16.1 Å². The standard InChI is InChI=1S/C25H28F3N7O3/c26-25(27,28)23-20(14-31-32-24(23)37)33-8-1-2-17(33)15-38-11-7-22(36)35-10-6-18-19(35)5-9-34(18)21-4-3-16(12-29)13-30-21/h3-4,13-14,17-19H,1-2,5-11,15H2,(H,32,37)/t17-,18?,19?/m0/s1. The van der Waals surface area contributed by atoms with Crippen molar-refractivity contribution in [3.8, 4) is 6.07 Å². The molecule has 10 nitrogen and oxygen atoms in total. The lowest BCUT2D eigenvalue weighted by molar-refractivity contribution is -0.138. The lowest BCUT2D eigenvalue weighted by Crippen LogP contribution is -2.40. The van der Waals surface area contributed by atoms with E-state index in [4.69, 9.17) is 10.00 Å². The average molecular weight is 532 g/mol. The fourth-order valence-corrected chi connectivity index (χ4v) is 5.93. The summed E-state index contributed by atoms with van der Waals surface area (Å²) < 4.78 is 46.3. The Morgan fingerprint density at radius 2 is 1.95 bits per heavy atom. The zero-order valence-electron chi connectivity index (χ0n) is 20.7. The number of halogens is 3. The number of ether oxygens (including phenoxy) is 1. The van der Waals surface area contributed by atoms with Gasteiger partial charge < -0.3 is 19.4 Å². The Morgan fingerprint density at radius 1 is 1.13 bits per heavy atom. The van der Waals surface area contributed by atoms with E-state index in [-0.39, 0.29) is 49.4 Å². The van der Waals surface area contributed by atoms with Crippen LogP contribution in [-0.4, -0.2) is 77.0 Å². The van der Waals surface area contributed by atoms with Crippen LogP contribution in [0.1, 0.15) is 43.2 Å². The molecule has 2 aromatic rings. The maximum Gasteiger partial charge on any atom is 0.423 e. The summed E-state index contributed by atoms with van der Waals surface area (Å²) in [5.41, 5.74) is -2.26. The summed E-state index contributed by atoms with van der Waals surface area (Å²) >= 11 is 0. The van der Waals surface area contributed by atoms with Crippen molar-refractivity contribution in [1.82, 2.24) is 20.1 Å². The van der Waals surface area contributed by atoms with Crippen molar-refractivity contribution in [3.05, 3.63) is 46.0 Å². The van der Waals surface area contributed by atoms with Crippen molar-refractivity contribution in [2.75, 3.05) is 42.6 Å². The van der Waals surface area contributed by atoms with E-state index in [2.05, 4.69) is 21.1 Å². The predicted octanol–water partition coefficient (Wildman–Crippen LogP) is 2.31. The summed E-state index contributed by atoms with van der Waals surface area (Å²) in [5, 5.41) is 14.4. The number of amides is 1. The van der Waals surface area contributed by atoms with E-state index in [1.54, 1.807) is 12.3 Å². The molecule has 3 saturated heterocycles. The van der Waals surface area contributed by atoms with E-state index in [1.165, 1.54) is 4.90 Å². The molecule has 0 bridgehead atoms. The van der Waals surface area contributed by atoms with Crippen LogP contribution in [0, 0.1) is 11.3 Å². The van der Waals surface area contributed by atoms with Crippen LogP contribution < -0.4 is 15.4 Å². The molecule has 1 N–H and O–H groups in total. The van der Waals surface area contributed by atoms with Gasteiger partial charge in [-0.1, -0.05) is 0 Å². The van der Waals surface area contributed by atoms with E-state index in [0.29, 0.717) is 31.5 Å². The second kappa shape index (κ2) is 10.6. The van der Waals surface area contributed by atoms with Gasteiger partial charge in [-0.3, -0.25) is 9.59 Å². The number of pyridine rings is 1. The largest absolute Gasteiger partial charge is 0.423 e. The molecule has 3 fully saturated rings. The first-order valence-corrected chi connectivity index (χ1v) is 12.7. The number of likely N-dealkylation sites (tertiary alicyclic amines) is 1. The highest BCUT2D eigenvalue weighted by molar-refractivity contribution is 5.77. The molecule has 0 aromatic carbocycles. The van der Waals surface area contributed by atoms with E-state index >= 15 is 0 Å². The van der Waals surface area contributed by atoms with Crippen molar-refractivity contribution >= 4 is 17.4 Å². The molecule has 0 spiro atoms. The Kier molecular flexibility index (Phi) is 7.25. The fraction of sp³-hybridized carbons (Fsp3) is 0.560. The Balaban J connectivity index is 1.13. The first kappa shape index (κ1) is 26.0. The summed E-state index contributed by atoms with van der Waals surface area (Å²) in [4.78, 5) is 34.9. The van der Waals surface area contributed by atoms with Crippen LogP contribution in [0.3, 0.4) is 0 Å². The van der Waals surface area contributed by atoms with Crippen molar-refractivity contribution in [1.29, 1.82) is 5.26 Å². The number of aromatic amines is 1. The molecule has 2 aromatic heterocycles. The highest BCUT2D eigenvalue weighted by Gasteiger charge is 2.45. The van der Waals surface area contributed by atoms with Gasteiger partial charge in [-0.15, -0.1) is 0 Å². The monoisotopic (exact) mass is 531 g/mol. The van der Waals surface area contributed by atoms with E-state index in [9.17, 15) is 22.8 Å². The Bertz CT molecular complexity index is 1260. The number of anilines is 2. The Labute approximate surface area is 217 Å². The molecule has 1 amide bonds. The number of carbonyl (C=O) groups excluding carboxylic acids is 1. The molecule has 3 aliphatic rings. The van der Waals surface area contributed by atoms with Gasteiger partial charge in [0, 0.05) is 25.8 Å².